The number of nitrogens with one attached hydrogen (secondary N) is 2. The Bertz CT molecular complexity index is 790. The molecule has 4 nitrogen and oxygen atoms in total. The van der Waals surface area contributed by atoms with Crippen molar-refractivity contribution in [3.63, 3.8) is 0 Å². The van der Waals surface area contributed by atoms with Crippen molar-refractivity contribution >= 4 is 34.7 Å². The van der Waals surface area contributed by atoms with Crippen LogP contribution in [-0.4, -0.2) is 20.2 Å². The monoisotopic (exact) mass is 276 g/mol. The predicted octanol–water partition coefficient (Wildman–Crippen LogP) is 3.64. The van der Waals surface area contributed by atoms with E-state index in [1.165, 1.54) is 0 Å². The van der Waals surface area contributed by atoms with Gasteiger partial charge in [0.25, 0.3) is 0 Å². The van der Waals surface area contributed by atoms with E-state index in [-0.39, 0.29) is 0 Å². The van der Waals surface area contributed by atoms with Crippen LogP contribution in [0, 0.1) is 11.7 Å². The fourth-order valence-corrected chi connectivity index (χ4v) is 2.24. The third-order valence-corrected chi connectivity index (χ3v) is 3.08. The lowest BCUT2D eigenvalue weighted by Crippen LogP contribution is -1.90. The summed E-state index contributed by atoms with van der Waals surface area (Å²) >= 11 is 11.0. The van der Waals surface area contributed by atoms with Gasteiger partial charge in [-0.3, -0.25) is 15.2 Å². The molecular formula is C12H9ClN4S. The van der Waals surface area contributed by atoms with E-state index in [0.717, 1.165) is 22.2 Å². The Labute approximate surface area is 113 Å². The smallest absolute Gasteiger partial charge is 0.213 e. The Morgan fingerprint density at radius 1 is 1.17 bits per heavy atom. The average molecular weight is 277 g/mol. The number of rotatable bonds is 1. The first kappa shape index (κ1) is 11.4. The Morgan fingerprint density at radius 3 is 2.72 bits per heavy atom. The number of benzene rings is 1. The van der Waals surface area contributed by atoms with Crippen LogP contribution in [0.4, 0.5) is 0 Å². The first-order chi connectivity index (χ1) is 8.63. The van der Waals surface area contributed by atoms with Crippen molar-refractivity contribution in [2.45, 2.75) is 6.92 Å². The highest BCUT2D eigenvalue weighted by molar-refractivity contribution is 7.71. The van der Waals surface area contributed by atoms with Gasteiger partial charge in [-0.05, 0) is 43.4 Å². The topological polar surface area (TPSA) is 57.4 Å². The molecule has 2 aromatic heterocycles. The molecule has 0 spiro atoms. The van der Waals surface area contributed by atoms with Gasteiger partial charge in [-0.2, -0.15) is 4.98 Å². The maximum Gasteiger partial charge on any atom is 0.213 e. The number of hydrogen-bond acceptors (Lipinski definition) is 3. The number of aromatic amines is 2. The van der Waals surface area contributed by atoms with Crippen LogP contribution in [0.5, 0.6) is 0 Å². The highest BCUT2D eigenvalue weighted by Gasteiger charge is 2.09. The molecule has 3 rings (SSSR count). The van der Waals surface area contributed by atoms with Gasteiger partial charge in [-0.25, -0.2) is 0 Å². The van der Waals surface area contributed by atoms with Gasteiger partial charge in [0.2, 0.25) is 4.77 Å². The molecule has 0 fully saturated rings. The summed E-state index contributed by atoms with van der Waals surface area (Å²) in [7, 11) is 0. The minimum atomic E-state index is 0.426. The number of aryl methyl sites for hydroxylation is 1. The molecule has 2 N–H and O–H groups in total. The van der Waals surface area contributed by atoms with Crippen LogP contribution < -0.4 is 0 Å². The van der Waals surface area contributed by atoms with E-state index in [4.69, 9.17) is 23.8 Å². The number of H-pyrrole nitrogens is 2. The summed E-state index contributed by atoms with van der Waals surface area (Å²) in [5.41, 5.74) is 2.74. The van der Waals surface area contributed by atoms with Gasteiger partial charge in [-0.1, -0.05) is 11.6 Å². The SMILES string of the molecule is Cc1cc(-c2nc(=S)[nH][nH]2)c2cc(Cl)ccc2n1. The number of aromatic nitrogens is 4. The Hall–Kier alpha value is -1.72. The van der Waals surface area contributed by atoms with Crippen LogP contribution in [0.25, 0.3) is 22.3 Å². The maximum atomic E-state index is 6.04. The fraction of sp³-hybridized carbons (Fsp3) is 0.0833. The maximum absolute atomic E-state index is 6.04. The molecule has 0 saturated carbocycles. The van der Waals surface area contributed by atoms with Gasteiger partial charge in [0, 0.05) is 21.7 Å². The molecule has 0 bridgehead atoms. The zero-order chi connectivity index (χ0) is 12.7. The van der Waals surface area contributed by atoms with Crippen LogP contribution in [0.1, 0.15) is 5.69 Å². The number of nitrogens with zero attached hydrogens (tertiary/aromatic N) is 2. The molecule has 0 aliphatic rings. The minimum Gasteiger partial charge on any atom is -0.282 e. The highest BCUT2D eigenvalue weighted by atomic mass is 35.5. The first-order valence-electron chi connectivity index (χ1n) is 5.35. The van der Waals surface area contributed by atoms with Gasteiger partial charge in [0.15, 0.2) is 5.82 Å². The predicted molar refractivity (Wildman–Crippen MR) is 74.3 cm³/mol. The lowest BCUT2D eigenvalue weighted by atomic mass is 10.1. The standard InChI is InChI=1S/C12H9ClN4S/c1-6-4-9(11-15-12(18)17-16-11)8-5-7(13)2-3-10(8)14-6/h2-5H,1H3,(H2,15,16,17,18). The normalized spacial score (nSPS) is 11.0. The summed E-state index contributed by atoms with van der Waals surface area (Å²) in [4.78, 5) is 8.71. The number of halogens is 1. The van der Waals surface area contributed by atoms with Gasteiger partial charge in [0.1, 0.15) is 0 Å². The third kappa shape index (κ3) is 1.91. The molecule has 0 radical (unpaired) electrons. The van der Waals surface area contributed by atoms with Gasteiger partial charge in [0.05, 0.1) is 5.52 Å². The van der Waals surface area contributed by atoms with Crippen molar-refractivity contribution in [3.05, 3.63) is 39.8 Å². The molecule has 0 amide bonds. The molecule has 2 heterocycles. The van der Waals surface area contributed by atoms with Crippen molar-refractivity contribution in [2.24, 2.45) is 0 Å². The Balaban J connectivity index is 2.39. The van der Waals surface area contributed by atoms with E-state index in [1.807, 2.05) is 31.2 Å². The quantitative estimate of drug-likeness (QED) is 0.667. The minimum absolute atomic E-state index is 0.426. The van der Waals surface area contributed by atoms with E-state index in [1.54, 1.807) is 0 Å². The number of pyridine rings is 1. The molecule has 6 heteroatoms. The van der Waals surface area contributed by atoms with E-state index in [2.05, 4.69) is 20.2 Å². The second-order valence-corrected chi connectivity index (χ2v) is 4.81. The van der Waals surface area contributed by atoms with Crippen molar-refractivity contribution in [3.8, 4) is 11.4 Å². The molecule has 0 saturated heterocycles. The number of hydrogen-bond donors (Lipinski definition) is 2. The van der Waals surface area contributed by atoms with E-state index in [9.17, 15) is 0 Å². The molecule has 18 heavy (non-hydrogen) atoms. The summed E-state index contributed by atoms with van der Waals surface area (Å²) in [6.07, 6.45) is 0. The molecule has 90 valence electrons. The largest absolute Gasteiger partial charge is 0.282 e. The van der Waals surface area contributed by atoms with Crippen LogP contribution in [0.15, 0.2) is 24.3 Å². The van der Waals surface area contributed by atoms with Crippen molar-refractivity contribution in [2.75, 3.05) is 0 Å². The molecule has 0 unspecified atom stereocenters. The van der Waals surface area contributed by atoms with E-state index >= 15 is 0 Å². The highest BCUT2D eigenvalue weighted by Crippen LogP contribution is 2.28. The third-order valence-electron chi connectivity index (χ3n) is 2.66. The van der Waals surface area contributed by atoms with Crippen LogP contribution in [0.2, 0.25) is 5.02 Å². The van der Waals surface area contributed by atoms with Gasteiger partial charge in [-0.15, -0.1) is 0 Å². The number of fused-ring (bicyclic) bond motifs is 1. The molecular weight excluding hydrogens is 268 g/mol. The summed E-state index contributed by atoms with van der Waals surface area (Å²) in [5.74, 6) is 0.692. The summed E-state index contributed by atoms with van der Waals surface area (Å²) in [5, 5.41) is 7.36. The zero-order valence-electron chi connectivity index (χ0n) is 9.49. The fourth-order valence-electron chi connectivity index (χ4n) is 1.92. The second-order valence-electron chi connectivity index (χ2n) is 3.99. The average Bonchev–Trinajstić information content (AvgIpc) is 2.75. The molecule has 0 aliphatic heterocycles. The van der Waals surface area contributed by atoms with Crippen molar-refractivity contribution in [1.29, 1.82) is 0 Å². The van der Waals surface area contributed by atoms with Crippen LogP contribution >= 0.6 is 23.8 Å². The zero-order valence-corrected chi connectivity index (χ0v) is 11.1. The molecule has 0 atom stereocenters. The molecule has 3 aromatic rings. The van der Waals surface area contributed by atoms with Crippen molar-refractivity contribution in [1.82, 2.24) is 20.2 Å². The summed E-state index contributed by atoms with van der Waals surface area (Å²) in [6, 6.07) is 7.56. The lowest BCUT2D eigenvalue weighted by molar-refractivity contribution is 1.08. The second kappa shape index (κ2) is 4.19. The van der Waals surface area contributed by atoms with Crippen molar-refractivity contribution < 1.29 is 0 Å². The van der Waals surface area contributed by atoms with Gasteiger partial charge >= 0.3 is 0 Å². The van der Waals surface area contributed by atoms with Gasteiger partial charge < -0.3 is 0 Å². The first-order valence-corrected chi connectivity index (χ1v) is 6.14. The summed E-state index contributed by atoms with van der Waals surface area (Å²) in [6.45, 7) is 1.94. The summed E-state index contributed by atoms with van der Waals surface area (Å²) < 4.78 is 0.426. The molecule has 1 aromatic carbocycles. The van der Waals surface area contributed by atoms with E-state index in [0.29, 0.717) is 15.6 Å². The Morgan fingerprint density at radius 2 is 2.00 bits per heavy atom. The molecule has 0 aliphatic carbocycles. The lowest BCUT2D eigenvalue weighted by Gasteiger charge is -2.05. The Kier molecular flexibility index (Phi) is 2.65. The van der Waals surface area contributed by atoms with E-state index < -0.39 is 0 Å². The van der Waals surface area contributed by atoms with Crippen LogP contribution in [0.3, 0.4) is 0 Å². The van der Waals surface area contributed by atoms with Crippen LogP contribution in [-0.2, 0) is 0 Å².